The van der Waals surface area contributed by atoms with Crippen molar-refractivity contribution >= 4 is 11.7 Å². The number of ether oxygens (including phenoxy) is 2. The first kappa shape index (κ1) is 19.8. The van der Waals surface area contributed by atoms with Crippen LogP contribution < -0.4 is 15.0 Å². The van der Waals surface area contributed by atoms with E-state index in [1.165, 1.54) is 7.11 Å². The van der Waals surface area contributed by atoms with Crippen molar-refractivity contribution in [3.8, 4) is 5.75 Å². The molecule has 28 heavy (non-hydrogen) atoms. The fourth-order valence-corrected chi connectivity index (χ4v) is 3.34. The van der Waals surface area contributed by atoms with Crippen molar-refractivity contribution < 1.29 is 14.3 Å². The molecule has 1 aliphatic rings. The first-order chi connectivity index (χ1) is 13.5. The van der Waals surface area contributed by atoms with E-state index in [0.717, 1.165) is 40.3 Å². The molecule has 0 aliphatic carbocycles. The van der Waals surface area contributed by atoms with Gasteiger partial charge in [-0.05, 0) is 29.7 Å². The zero-order chi connectivity index (χ0) is 20.1. The molecule has 3 rings (SSSR count). The molecular formula is C23H28N2O3. The Bertz CT molecular complexity index is 859. The van der Waals surface area contributed by atoms with Gasteiger partial charge < -0.3 is 19.7 Å². The van der Waals surface area contributed by atoms with Gasteiger partial charge in [0.2, 0.25) is 0 Å². The van der Waals surface area contributed by atoms with Crippen molar-refractivity contribution in [3.05, 3.63) is 70.9 Å². The fraction of sp³-hybridized carbons (Fsp3) is 0.348. The molecule has 0 saturated heterocycles. The van der Waals surface area contributed by atoms with E-state index >= 15 is 0 Å². The quantitative estimate of drug-likeness (QED) is 0.779. The monoisotopic (exact) mass is 380 g/mol. The molecule has 0 aromatic heterocycles. The Kier molecular flexibility index (Phi) is 6.24. The van der Waals surface area contributed by atoms with Crippen LogP contribution in [-0.4, -0.2) is 39.8 Å². The zero-order valence-corrected chi connectivity index (χ0v) is 17.0. The molecular weight excluding hydrogens is 352 g/mol. The zero-order valence-electron chi connectivity index (χ0n) is 17.0. The average Bonchev–Trinajstić information content (AvgIpc) is 2.72. The number of nitrogens with one attached hydrogen (secondary N) is 1. The second-order valence-corrected chi connectivity index (χ2v) is 7.29. The van der Waals surface area contributed by atoms with Crippen LogP contribution in [-0.2, 0) is 22.4 Å². The number of anilines is 1. The minimum atomic E-state index is -0.433. The largest absolute Gasteiger partial charge is 0.489 e. The van der Waals surface area contributed by atoms with Crippen molar-refractivity contribution in [1.29, 1.82) is 0 Å². The summed E-state index contributed by atoms with van der Waals surface area (Å²) in [6.45, 7) is 2.51. The van der Waals surface area contributed by atoms with Gasteiger partial charge in [0.05, 0.1) is 7.11 Å². The van der Waals surface area contributed by atoms with E-state index in [1.54, 1.807) is 0 Å². The van der Waals surface area contributed by atoms with E-state index in [2.05, 4.69) is 28.4 Å². The van der Waals surface area contributed by atoms with Crippen LogP contribution >= 0.6 is 0 Å². The Balaban J connectivity index is 1.76. The third kappa shape index (κ3) is 4.66. The number of carbonyl (C=O) groups is 1. The van der Waals surface area contributed by atoms with Crippen LogP contribution in [0.5, 0.6) is 5.75 Å². The Morgan fingerprint density at radius 1 is 1.21 bits per heavy atom. The smallest absolute Gasteiger partial charge is 0.328 e. The molecule has 0 fully saturated rings. The summed E-state index contributed by atoms with van der Waals surface area (Å²) in [5.74, 6) is 0.660. The molecule has 0 radical (unpaired) electrons. The maximum Gasteiger partial charge on any atom is 0.328 e. The number of fused-ring (bicyclic) bond motifs is 1. The number of benzene rings is 2. The molecule has 0 spiro atoms. The number of allylic oxidation sites excluding steroid dienone is 1. The third-order valence-electron chi connectivity index (χ3n) is 5.06. The molecule has 1 heterocycles. The molecule has 5 heteroatoms. The van der Waals surface area contributed by atoms with E-state index in [-0.39, 0.29) is 5.97 Å². The van der Waals surface area contributed by atoms with Crippen LogP contribution in [0.2, 0.25) is 0 Å². The molecule has 1 N–H and O–H groups in total. The summed E-state index contributed by atoms with van der Waals surface area (Å²) in [7, 11) is 5.46. The molecule has 5 nitrogen and oxygen atoms in total. The molecule has 0 unspecified atom stereocenters. The van der Waals surface area contributed by atoms with Crippen molar-refractivity contribution in [2.45, 2.75) is 25.8 Å². The molecule has 0 saturated carbocycles. The summed E-state index contributed by atoms with van der Waals surface area (Å²) < 4.78 is 11.0. The molecule has 2 aromatic rings. The third-order valence-corrected chi connectivity index (χ3v) is 5.06. The summed E-state index contributed by atoms with van der Waals surface area (Å²) in [5.41, 5.74) is 5.48. The average molecular weight is 380 g/mol. The fourth-order valence-electron chi connectivity index (χ4n) is 3.34. The number of nitrogens with zero attached hydrogens (tertiary/aromatic N) is 1. The van der Waals surface area contributed by atoms with Crippen LogP contribution in [0.3, 0.4) is 0 Å². The molecule has 148 valence electrons. The van der Waals surface area contributed by atoms with E-state index < -0.39 is 6.04 Å². The van der Waals surface area contributed by atoms with E-state index in [4.69, 9.17) is 9.47 Å². The van der Waals surface area contributed by atoms with Crippen LogP contribution in [0.1, 0.15) is 18.1 Å². The first-order valence-electron chi connectivity index (χ1n) is 9.48. The number of rotatable bonds is 6. The summed E-state index contributed by atoms with van der Waals surface area (Å²) in [6.07, 6.45) is 1.38. The second-order valence-electron chi connectivity index (χ2n) is 7.29. The van der Waals surface area contributed by atoms with Gasteiger partial charge in [0.15, 0.2) is 0 Å². The van der Waals surface area contributed by atoms with Gasteiger partial charge in [-0.15, -0.1) is 0 Å². The van der Waals surface area contributed by atoms with E-state index in [9.17, 15) is 4.79 Å². The maximum atomic E-state index is 12.3. The lowest BCUT2D eigenvalue weighted by Crippen LogP contribution is -2.39. The number of hydrogen-bond donors (Lipinski definition) is 1. The maximum absolute atomic E-state index is 12.3. The highest BCUT2D eigenvalue weighted by Gasteiger charge is 2.22. The van der Waals surface area contributed by atoms with E-state index in [0.29, 0.717) is 13.0 Å². The molecule has 1 aliphatic heterocycles. The normalized spacial score (nSPS) is 15.7. The van der Waals surface area contributed by atoms with Gasteiger partial charge in [-0.25, -0.2) is 4.79 Å². The van der Waals surface area contributed by atoms with Gasteiger partial charge in [-0.3, -0.25) is 0 Å². The second kappa shape index (κ2) is 8.83. The van der Waals surface area contributed by atoms with Crippen molar-refractivity contribution in [3.63, 3.8) is 0 Å². The Hall–Kier alpha value is -2.95. The molecule has 0 bridgehead atoms. The van der Waals surface area contributed by atoms with Gasteiger partial charge in [-0.1, -0.05) is 36.4 Å². The van der Waals surface area contributed by atoms with Gasteiger partial charge >= 0.3 is 5.97 Å². The topological polar surface area (TPSA) is 50.8 Å². The predicted octanol–water partition coefficient (Wildman–Crippen LogP) is 3.34. The van der Waals surface area contributed by atoms with Gasteiger partial charge in [0.25, 0.3) is 0 Å². The van der Waals surface area contributed by atoms with Crippen LogP contribution in [0, 0.1) is 0 Å². The Labute approximate surface area is 167 Å². The van der Waals surface area contributed by atoms with E-state index in [1.807, 2.05) is 51.4 Å². The summed E-state index contributed by atoms with van der Waals surface area (Å²) in [5, 5.41) is 3.36. The molecule has 1 atom stereocenters. The number of esters is 1. The van der Waals surface area contributed by atoms with Crippen molar-refractivity contribution in [1.82, 2.24) is 5.32 Å². The SMILES string of the molecule is COC(=O)[C@H](Cc1ccccc1)N/C(C)=C1/COc2cc(N(C)C)ccc2C1. The number of carbonyl (C=O) groups excluding carboxylic acids is 1. The predicted molar refractivity (Wildman–Crippen MR) is 112 cm³/mol. The highest BCUT2D eigenvalue weighted by molar-refractivity contribution is 5.76. The summed E-state index contributed by atoms with van der Waals surface area (Å²) in [4.78, 5) is 14.4. The molecule has 0 amide bonds. The van der Waals surface area contributed by atoms with Crippen LogP contribution in [0.25, 0.3) is 0 Å². The molecule has 2 aromatic carbocycles. The van der Waals surface area contributed by atoms with Crippen LogP contribution in [0.15, 0.2) is 59.8 Å². The standard InChI is InChI=1S/C23H28N2O3/c1-16(24-21(23(26)27-4)12-17-8-6-5-7-9-17)19-13-18-10-11-20(25(2)3)14-22(18)28-15-19/h5-11,14,21,24H,12-13,15H2,1-4H3/b19-16+/t21-/m0/s1. The first-order valence-corrected chi connectivity index (χ1v) is 9.48. The van der Waals surface area contributed by atoms with Crippen molar-refractivity contribution in [2.75, 3.05) is 32.7 Å². The number of hydrogen-bond acceptors (Lipinski definition) is 5. The number of methoxy groups -OCH3 is 1. The summed E-state index contributed by atoms with van der Waals surface area (Å²) >= 11 is 0. The minimum absolute atomic E-state index is 0.267. The van der Waals surface area contributed by atoms with Gasteiger partial charge in [0, 0.05) is 44.4 Å². The lowest BCUT2D eigenvalue weighted by Gasteiger charge is -2.26. The highest BCUT2D eigenvalue weighted by atomic mass is 16.5. The Morgan fingerprint density at radius 3 is 2.64 bits per heavy atom. The Morgan fingerprint density at radius 2 is 1.96 bits per heavy atom. The lowest BCUT2D eigenvalue weighted by molar-refractivity contribution is -0.142. The minimum Gasteiger partial charge on any atom is -0.489 e. The highest BCUT2D eigenvalue weighted by Crippen LogP contribution is 2.31. The van der Waals surface area contributed by atoms with Crippen LogP contribution in [0.4, 0.5) is 5.69 Å². The van der Waals surface area contributed by atoms with Crippen molar-refractivity contribution in [2.24, 2.45) is 0 Å². The van der Waals surface area contributed by atoms with Gasteiger partial charge in [-0.2, -0.15) is 0 Å². The van der Waals surface area contributed by atoms with Gasteiger partial charge in [0.1, 0.15) is 18.4 Å². The lowest BCUT2D eigenvalue weighted by atomic mass is 9.99. The summed E-state index contributed by atoms with van der Waals surface area (Å²) in [6, 6.07) is 15.8.